The number of benzene rings is 1. The lowest BCUT2D eigenvalue weighted by Gasteiger charge is -2.39. The Kier molecular flexibility index (Phi) is 4.84. The number of aliphatic hydroxyl groups is 1. The van der Waals surface area contributed by atoms with Gasteiger partial charge in [-0.05, 0) is 62.6 Å². The van der Waals surface area contributed by atoms with Gasteiger partial charge in [-0.1, -0.05) is 12.1 Å². The van der Waals surface area contributed by atoms with Gasteiger partial charge in [0.1, 0.15) is 5.82 Å². The summed E-state index contributed by atoms with van der Waals surface area (Å²) in [6.07, 6.45) is 6.91. The van der Waals surface area contributed by atoms with Gasteiger partial charge in [-0.15, -0.1) is 0 Å². The highest BCUT2D eigenvalue weighted by Crippen LogP contribution is 2.44. The molecule has 140 valence electrons. The Bertz CT molecular complexity index is 774. The summed E-state index contributed by atoms with van der Waals surface area (Å²) in [7, 11) is 0. The zero-order valence-corrected chi connectivity index (χ0v) is 15.7. The highest BCUT2D eigenvalue weighted by molar-refractivity contribution is 5.28. The van der Waals surface area contributed by atoms with Crippen molar-refractivity contribution in [3.8, 4) is 0 Å². The van der Waals surface area contributed by atoms with E-state index in [-0.39, 0.29) is 12.4 Å². The summed E-state index contributed by atoms with van der Waals surface area (Å²) >= 11 is 0. The van der Waals surface area contributed by atoms with Crippen LogP contribution in [0.4, 0.5) is 4.39 Å². The molecule has 2 aliphatic rings. The van der Waals surface area contributed by atoms with Crippen molar-refractivity contribution in [2.75, 3.05) is 6.61 Å². The Balaban J connectivity index is 1.47. The third-order valence-corrected chi connectivity index (χ3v) is 6.27. The van der Waals surface area contributed by atoms with Crippen molar-refractivity contribution < 1.29 is 9.50 Å². The average molecular weight is 357 g/mol. The van der Waals surface area contributed by atoms with Crippen molar-refractivity contribution >= 4 is 0 Å². The van der Waals surface area contributed by atoms with E-state index in [1.165, 1.54) is 24.0 Å². The van der Waals surface area contributed by atoms with Gasteiger partial charge in [-0.3, -0.25) is 9.58 Å². The van der Waals surface area contributed by atoms with E-state index in [2.05, 4.69) is 23.1 Å². The average Bonchev–Trinajstić information content (AvgIpc) is 3.06. The molecule has 5 heteroatoms. The van der Waals surface area contributed by atoms with E-state index >= 15 is 0 Å². The largest absolute Gasteiger partial charge is 0.394 e. The second-order valence-electron chi connectivity index (χ2n) is 7.96. The summed E-state index contributed by atoms with van der Waals surface area (Å²) in [5.74, 6) is 0.436. The molecule has 3 atom stereocenters. The van der Waals surface area contributed by atoms with Gasteiger partial charge >= 0.3 is 0 Å². The van der Waals surface area contributed by atoms with E-state index in [0.717, 1.165) is 30.6 Å². The molecule has 1 aromatic heterocycles. The molecule has 0 amide bonds. The maximum Gasteiger partial charge on any atom is 0.126 e. The number of aryl methyl sites for hydroxylation is 2. The first-order valence-electron chi connectivity index (χ1n) is 9.70. The maximum atomic E-state index is 13.6. The van der Waals surface area contributed by atoms with Crippen LogP contribution in [0.1, 0.15) is 54.0 Å². The van der Waals surface area contributed by atoms with Gasteiger partial charge in [0.25, 0.3) is 0 Å². The number of aromatic nitrogens is 2. The van der Waals surface area contributed by atoms with Crippen molar-refractivity contribution in [2.24, 2.45) is 0 Å². The smallest absolute Gasteiger partial charge is 0.126 e. The van der Waals surface area contributed by atoms with E-state index < -0.39 is 0 Å². The molecule has 2 aromatic rings. The number of rotatable bonds is 5. The third kappa shape index (κ3) is 3.30. The highest BCUT2D eigenvalue weighted by Gasteiger charge is 2.41. The van der Waals surface area contributed by atoms with Crippen molar-refractivity contribution in [3.05, 3.63) is 52.6 Å². The summed E-state index contributed by atoms with van der Waals surface area (Å²) in [4.78, 5) is 2.65. The second kappa shape index (κ2) is 7.12. The predicted molar refractivity (Wildman–Crippen MR) is 99.5 cm³/mol. The molecule has 0 saturated carbocycles. The summed E-state index contributed by atoms with van der Waals surface area (Å²) < 4.78 is 15.4. The van der Waals surface area contributed by atoms with Crippen LogP contribution in [0.15, 0.2) is 24.4 Å². The van der Waals surface area contributed by atoms with E-state index in [4.69, 9.17) is 5.11 Å². The number of hydrogen-bond acceptors (Lipinski definition) is 3. The summed E-state index contributed by atoms with van der Waals surface area (Å²) in [6, 6.07) is 6.84. The number of nitrogens with zero attached hydrogens (tertiary/aromatic N) is 3. The minimum Gasteiger partial charge on any atom is -0.394 e. The normalized spacial score (nSPS) is 25.8. The van der Waals surface area contributed by atoms with Crippen LogP contribution < -0.4 is 0 Å². The Morgan fingerprint density at radius 1 is 1.19 bits per heavy atom. The lowest BCUT2D eigenvalue weighted by Crippen LogP contribution is -2.41. The molecule has 2 saturated heterocycles. The Labute approximate surface area is 154 Å². The van der Waals surface area contributed by atoms with Crippen LogP contribution in [0, 0.1) is 19.7 Å². The topological polar surface area (TPSA) is 41.3 Å². The molecule has 0 aliphatic carbocycles. The molecule has 26 heavy (non-hydrogen) atoms. The molecule has 2 bridgehead atoms. The van der Waals surface area contributed by atoms with E-state index in [1.807, 2.05) is 23.7 Å². The zero-order valence-electron chi connectivity index (χ0n) is 15.7. The molecule has 0 radical (unpaired) electrons. The van der Waals surface area contributed by atoms with Crippen LogP contribution in [0.25, 0.3) is 0 Å². The SMILES string of the molecule is Cc1cc(C2C[C@H]3CC[C@@H](C2)N3Cc2cn(CCO)nc2C)ccc1F. The van der Waals surface area contributed by atoms with Gasteiger partial charge in [0.05, 0.1) is 18.8 Å². The molecular formula is C21H28FN3O. The third-order valence-electron chi connectivity index (χ3n) is 6.27. The van der Waals surface area contributed by atoms with Gasteiger partial charge < -0.3 is 5.11 Å². The van der Waals surface area contributed by atoms with Crippen molar-refractivity contribution in [2.45, 2.75) is 70.6 Å². The Morgan fingerprint density at radius 3 is 2.58 bits per heavy atom. The van der Waals surface area contributed by atoms with E-state index in [1.54, 1.807) is 6.07 Å². The van der Waals surface area contributed by atoms with Crippen LogP contribution in [-0.4, -0.2) is 38.5 Å². The van der Waals surface area contributed by atoms with E-state index in [9.17, 15) is 4.39 Å². The van der Waals surface area contributed by atoms with Gasteiger partial charge in [-0.25, -0.2) is 4.39 Å². The first kappa shape index (κ1) is 17.7. The van der Waals surface area contributed by atoms with Crippen LogP contribution in [0.2, 0.25) is 0 Å². The monoisotopic (exact) mass is 357 g/mol. The fourth-order valence-electron chi connectivity index (χ4n) is 4.85. The first-order valence-corrected chi connectivity index (χ1v) is 9.70. The fraction of sp³-hybridized carbons (Fsp3) is 0.571. The second-order valence-corrected chi connectivity index (χ2v) is 7.96. The van der Waals surface area contributed by atoms with Gasteiger partial charge in [0.2, 0.25) is 0 Å². The molecule has 4 rings (SSSR count). The molecule has 1 aromatic carbocycles. The molecule has 2 fully saturated rings. The molecule has 0 spiro atoms. The quantitative estimate of drug-likeness (QED) is 0.890. The minimum atomic E-state index is -0.107. The number of hydrogen-bond donors (Lipinski definition) is 1. The molecule has 2 aliphatic heterocycles. The van der Waals surface area contributed by atoms with E-state index in [0.29, 0.717) is 24.5 Å². The number of halogens is 1. The summed E-state index contributed by atoms with van der Waals surface area (Å²) in [6.45, 7) is 5.53. The van der Waals surface area contributed by atoms with Gasteiger partial charge in [0.15, 0.2) is 0 Å². The van der Waals surface area contributed by atoms with Crippen LogP contribution >= 0.6 is 0 Å². The molecule has 4 nitrogen and oxygen atoms in total. The molecule has 3 heterocycles. The Hall–Kier alpha value is -1.72. The standard InChI is InChI=1S/C21H28FN3O/c1-14-9-16(3-6-21(14)22)17-10-19-4-5-20(11-17)25(19)13-18-12-24(7-8-26)23-15(18)2/h3,6,9,12,17,19-20,26H,4-5,7-8,10-11,13H2,1-2H3/t17?,19-,20+. The number of fused-ring (bicyclic) bond motifs is 2. The van der Waals surface area contributed by atoms with Crippen LogP contribution in [-0.2, 0) is 13.1 Å². The Morgan fingerprint density at radius 2 is 1.92 bits per heavy atom. The van der Waals surface area contributed by atoms with Crippen molar-refractivity contribution in [1.29, 1.82) is 0 Å². The zero-order chi connectivity index (χ0) is 18.3. The van der Waals surface area contributed by atoms with Gasteiger partial charge in [-0.2, -0.15) is 5.10 Å². The van der Waals surface area contributed by atoms with Crippen LogP contribution in [0.5, 0.6) is 0 Å². The molecule has 1 N–H and O–H groups in total. The highest BCUT2D eigenvalue weighted by atomic mass is 19.1. The lowest BCUT2D eigenvalue weighted by molar-refractivity contribution is 0.118. The van der Waals surface area contributed by atoms with Crippen molar-refractivity contribution in [3.63, 3.8) is 0 Å². The van der Waals surface area contributed by atoms with Crippen LogP contribution in [0.3, 0.4) is 0 Å². The maximum absolute atomic E-state index is 13.6. The van der Waals surface area contributed by atoms with Gasteiger partial charge in [0, 0.05) is 30.4 Å². The minimum absolute atomic E-state index is 0.107. The lowest BCUT2D eigenvalue weighted by atomic mass is 9.84. The van der Waals surface area contributed by atoms with Crippen molar-refractivity contribution in [1.82, 2.24) is 14.7 Å². The molecular weight excluding hydrogens is 329 g/mol. The molecule has 1 unspecified atom stereocenters. The fourth-order valence-corrected chi connectivity index (χ4v) is 4.85. The predicted octanol–water partition coefficient (Wildman–Crippen LogP) is 3.54. The summed E-state index contributed by atoms with van der Waals surface area (Å²) in [5.41, 5.74) is 4.39. The first-order chi connectivity index (χ1) is 12.5. The number of piperidine rings is 1. The number of aliphatic hydroxyl groups excluding tert-OH is 1. The summed E-state index contributed by atoms with van der Waals surface area (Å²) in [5, 5.41) is 13.6.